The monoisotopic (exact) mass is 523 g/mol. The van der Waals surface area contributed by atoms with Crippen LogP contribution in [-0.4, -0.2) is 76.3 Å². The van der Waals surface area contributed by atoms with E-state index in [9.17, 15) is 29.7 Å². The quantitative estimate of drug-likeness (QED) is 0.0886. The summed E-state index contributed by atoms with van der Waals surface area (Å²) < 4.78 is 9.61. The number of hydroxylamine groups is 3. The van der Waals surface area contributed by atoms with Crippen molar-refractivity contribution in [2.75, 3.05) is 26.8 Å². The molecule has 4 aliphatic rings. The molecule has 3 fully saturated rings. The van der Waals surface area contributed by atoms with Crippen molar-refractivity contribution in [3.8, 4) is 5.75 Å². The maximum absolute atomic E-state index is 13.8. The number of benzene rings is 1. The molecule has 13 nitrogen and oxygen atoms in total. The lowest BCUT2D eigenvalue weighted by molar-refractivity contribution is -0.855. The first-order valence-corrected chi connectivity index (χ1v) is 12.1. The Morgan fingerprint density at radius 2 is 1.87 bits per heavy atom. The summed E-state index contributed by atoms with van der Waals surface area (Å²) in [5.41, 5.74) is 7.64. The summed E-state index contributed by atoms with van der Waals surface area (Å²) in [5, 5.41) is 26.8. The molecule has 2 unspecified atom stereocenters. The number of likely N-dealkylation sites (tertiary alicyclic amines) is 1. The van der Waals surface area contributed by atoms with Crippen molar-refractivity contribution in [3.05, 3.63) is 74.2 Å². The number of hydrogen-bond donors (Lipinski definition) is 1. The molecule has 0 radical (unpaired) electrons. The number of fused-ring (bicyclic) bond motifs is 1. The van der Waals surface area contributed by atoms with Crippen molar-refractivity contribution in [2.24, 2.45) is 0 Å². The number of amides is 2. The Balaban J connectivity index is 1.21. The minimum Gasteiger partial charge on any atom is -0.625 e. The lowest BCUT2D eigenvalue weighted by atomic mass is 10.0. The number of hydrogen-bond acceptors (Lipinski definition) is 10. The summed E-state index contributed by atoms with van der Waals surface area (Å²) in [6.07, 6.45) is 1.97. The van der Waals surface area contributed by atoms with Gasteiger partial charge in [0.15, 0.2) is 12.7 Å². The van der Waals surface area contributed by atoms with Gasteiger partial charge in [-0.05, 0) is 17.9 Å². The number of non-ortho nitro benzene ring substituents is 1. The molecule has 1 aromatic carbocycles. The highest BCUT2D eigenvalue weighted by atomic mass is 16.7. The van der Waals surface area contributed by atoms with Gasteiger partial charge < -0.3 is 24.5 Å². The molecule has 1 N–H and O–H groups in total. The molecule has 0 spiro atoms. The second kappa shape index (κ2) is 9.81. The average molecular weight is 524 g/mol. The SMILES string of the molecule is CN1C[N+]([O-])(C2CCC(=O)NC2=O)C2=C=C=C(N3CCC(OC(=O)Oc4ccc([N+](=O)[O-])cc4)CC3)C=C21. The van der Waals surface area contributed by atoms with E-state index in [0.29, 0.717) is 37.3 Å². The van der Waals surface area contributed by atoms with Gasteiger partial charge in [0.05, 0.1) is 10.6 Å². The predicted octanol–water partition coefficient (Wildman–Crippen LogP) is 2.02. The normalized spacial score (nSPS) is 25.2. The fourth-order valence-corrected chi connectivity index (χ4v) is 5.07. The molecular formula is C25H25N5O8. The first-order chi connectivity index (χ1) is 18.1. The van der Waals surface area contributed by atoms with Crippen molar-refractivity contribution in [3.63, 3.8) is 0 Å². The van der Waals surface area contributed by atoms with E-state index in [4.69, 9.17) is 9.47 Å². The van der Waals surface area contributed by atoms with Gasteiger partial charge in [0.2, 0.25) is 11.6 Å². The predicted molar refractivity (Wildman–Crippen MR) is 129 cm³/mol. The van der Waals surface area contributed by atoms with Gasteiger partial charge >= 0.3 is 6.16 Å². The lowest BCUT2D eigenvalue weighted by Gasteiger charge is -2.44. The van der Waals surface area contributed by atoms with E-state index in [-0.39, 0.29) is 43.0 Å². The number of likely N-dealkylation sites (N-methyl/N-ethyl adjacent to an activating group) is 1. The molecule has 2 amide bonds. The first-order valence-electron chi connectivity index (χ1n) is 12.1. The van der Waals surface area contributed by atoms with Crippen molar-refractivity contribution in [2.45, 2.75) is 37.8 Å². The molecule has 1 aromatic rings. The summed E-state index contributed by atoms with van der Waals surface area (Å²) in [5.74, 6) is -0.789. The Bertz CT molecular complexity index is 1330. The Morgan fingerprint density at radius 1 is 1.16 bits per heavy atom. The van der Waals surface area contributed by atoms with Crippen molar-refractivity contribution >= 4 is 23.7 Å². The zero-order valence-corrected chi connectivity index (χ0v) is 20.5. The smallest absolute Gasteiger partial charge is 0.514 e. The highest BCUT2D eigenvalue weighted by Gasteiger charge is 2.49. The minimum atomic E-state index is -0.925. The molecule has 1 aliphatic carbocycles. The zero-order chi connectivity index (χ0) is 27.0. The number of nitrogens with one attached hydrogen (secondary N) is 1. The van der Waals surface area contributed by atoms with Crippen molar-refractivity contribution in [1.29, 1.82) is 0 Å². The number of piperidine rings is 2. The summed E-state index contributed by atoms with van der Waals surface area (Å²) >= 11 is 0. The van der Waals surface area contributed by atoms with Crippen LogP contribution < -0.4 is 10.1 Å². The number of nitrogens with zero attached hydrogens (tertiary/aromatic N) is 4. The number of carbonyl (C=O) groups is 3. The van der Waals surface area contributed by atoms with Gasteiger partial charge in [-0.3, -0.25) is 29.7 Å². The number of nitro benzene ring substituents is 1. The van der Waals surface area contributed by atoms with E-state index < -0.39 is 27.7 Å². The number of rotatable bonds is 5. The minimum absolute atomic E-state index is 0.0300. The van der Waals surface area contributed by atoms with Crippen LogP contribution in [0.3, 0.4) is 0 Å². The van der Waals surface area contributed by atoms with Gasteiger partial charge in [0.25, 0.3) is 11.6 Å². The summed E-state index contributed by atoms with van der Waals surface area (Å²) in [6.45, 7) is 1.15. The molecular weight excluding hydrogens is 498 g/mol. The largest absolute Gasteiger partial charge is 0.625 e. The number of quaternary nitrogens is 1. The third-order valence-electron chi connectivity index (χ3n) is 7.04. The van der Waals surface area contributed by atoms with Gasteiger partial charge in [0, 0.05) is 69.8 Å². The Labute approximate surface area is 217 Å². The standard InChI is InChI=1S/C25H25N5O8/c1-27-15-30(36,22-8-9-23(31)26-24(22)32)21-7-4-17(14-20(21)27)28-12-10-19(11-13-28)38-25(33)37-18-5-2-16(3-6-18)29(34)35/h2-3,5-6,14,19,22H,8-13,15H2,1H3,(H,26,31,32). The third-order valence-corrected chi connectivity index (χ3v) is 7.04. The number of imide groups is 1. The maximum atomic E-state index is 13.8. The van der Waals surface area contributed by atoms with Crippen LogP contribution >= 0.6 is 0 Å². The molecule has 0 aromatic heterocycles. The van der Waals surface area contributed by atoms with E-state index in [1.54, 1.807) is 11.9 Å². The summed E-state index contributed by atoms with van der Waals surface area (Å²) in [6, 6.07) is 4.21. The highest BCUT2D eigenvalue weighted by Crippen LogP contribution is 2.39. The van der Waals surface area contributed by atoms with Crippen LogP contribution in [0.4, 0.5) is 10.5 Å². The molecule has 3 saturated heterocycles. The Morgan fingerprint density at radius 3 is 2.53 bits per heavy atom. The first kappa shape index (κ1) is 25.2. The van der Waals surface area contributed by atoms with Crippen LogP contribution in [0.2, 0.25) is 0 Å². The second-order valence-corrected chi connectivity index (χ2v) is 9.52. The summed E-state index contributed by atoms with van der Waals surface area (Å²) in [7, 11) is 1.77. The number of ether oxygens (including phenoxy) is 2. The molecule has 2 atom stereocenters. The van der Waals surface area contributed by atoms with Crippen LogP contribution in [0, 0.1) is 15.3 Å². The topological polar surface area (TPSA) is 154 Å². The van der Waals surface area contributed by atoms with Crippen LogP contribution in [0.15, 0.2) is 58.9 Å². The maximum Gasteiger partial charge on any atom is 0.514 e. The summed E-state index contributed by atoms with van der Waals surface area (Å²) in [4.78, 5) is 50.1. The molecule has 38 heavy (non-hydrogen) atoms. The van der Waals surface area contributed by atoms with Gasteiger partial charge in [-0.2, -0.15) is 0 Å². The van der Waals surface area contributed by atoms with Gasteiger partial charge in [-0.1, -0.05) is 0 Å². The van der Waals surface area contributed by atoms with E-state index in [1.807, 2.05) is 6.08 Å². The number of nitro groups is 1. The molecule has 0 saturated carbocycles. The van der Waals surface area contributed by atoms with Gasteiger partial charge in [0.1, 0.15) is 17.6 Å². The Hall–Kier alpha value is -4.41. The molecule has 0 bridgehead atoms. The highest BCUT2D eigenvalue weighted by molar-refractivity contribution is 5.99. The Kier molecular flexibility index (Phi) is 6.52. The fourth-order valence-electron chi connectivity index (χ4n) is 5.07. The van der Waals surface area contributed by atoms with Crippen molar-refractivity contribution < 1.29 is 33.4 Å². The van der Waals surface area contributed by atoms with E-state index in [2.05, 4.69) is 21.7 Å². The lowest BCUT2D eigenvalue weighted by Crippen LogP contribution is -2.59. The zero-order valence-electron chi connectivity index (χ0n) is 20.5. The second-order valence-electron chi connectivity index (χ2n) is 9.52. The molecule has 198 valence electrons. The van der Waals surface area contributed by atoms with Crippen LogP contribution in [0.1, 0.15) is 25.7 Å². The van der Waals surface area contributed by atoms with Crippen LogP contribution in [0.5, 0.6) is 5.75 Å². The average Bonchev–Trinajstić information content (AvgIpc) is 3.14. The van der Waals surface area contributed by atoms with Crippen LogP contribution in [0.25, 0.3) is 0 Å². The molecule has 3 heterocycles. The molecule has 3 aliphatic heterocycles. The number of carbonyl (C=O) groups excluding carboxylic acids is 3. The van der Waals surface area contributed by atoms with E-state index in [0.717, 1.165) is 5.70 Å². The molecule has 5 rings (SSSR count). The van der Waals surface area contributed by atoms with E-state index in [1.165, 1.54) is 24.3 Å². The van der Waals surface area contributed by atoms with Crippen molar-refractivity contribution in [1.82, 2.24) is 15.1 Å². The van der Waals surface area contributed by atoms with Gasteiger partial charge in [-0.25, -0.2) is 4.79 Å². The van der Waals surface area contributed by atoms with Gasteiger partial charge in [-0.15, -0.1) is 0 Å². The molecule has 13 heteroatoms. The fraction of sp³-hybridized carbons (Fsp3) is 0.400. The van der Waals surface area contributed by atoms with Crippen LogP contribution in [-0.2, 0) is 14.3 Å². The number of allylic oxidation sites excluding steroid dienone is 1. The van der Waals surface area contributed by atoms with E-state index >= 15 is 0 Å². The third kappa shape index (κ3) is 4.79.